The van der Waals surface area contributed by atoms with Crippen molar-refractivity contribution in [2.45, 2.75) is 13.3 Å². The minimum absolute atomic E-state index is 0.00713. The summed E-state index contributed by atoms with van der Waals surface area (Å²) in [6.07, 6.45) is 2.86. The Kier molecular flexibility index (Phi) is 3.48. The van der Waals surface area contributed by atoms with Gasteiger partial charge in [0.05, 0.1) is 11.1 Å². The lowest BCUT2D eigenvalue weighted by molar-refractivity contribution is 0.0994. The van der Waals surface area contributed by atoms with Crippen LogP contribution in [0.4, 0.5) is 5.69 Å². The normalized spacial score (nSPS) is 10.8. The van der Waals surface area contributed by atoms with Gasteiger partial charge in [0, 0.05) is 24.3 Å². The predicted molar refractivity (Wildman–Crippen MR) is 86.9 cm³/mol. The Bertz CT molecular complexity index is 771. The number of hydrogen-bond donors (Lipinski definition) is 1. The number of amides is 1. The predicted octanol–water partition coefficient (Wildman–Crippen LogP) is 4.01. The van der Waals surface area contributed by atoms with E-state index >= 15 is 0 Å². The highest BCUT2D eigenvalue weighted by atomic mass is 16.2. The van der Waals surface area contributed by atoms with E-state index in [1.54, 1.807) is 4.90 Å². The summed E-state index contributed by atoms with van der Waals surface area (Å²) in [4.78, 5) is 17.6. The second-order valence-corrected chi connectivity index (χ2v) is 5.13. The zero-order valence-electron chi connectivity index (χ0n) is 12.3. The Morgan fingerprint density at radius 3 is 2.57 bits per heavy atom. The Morgan fingerprint density at radius 1 is 1.10 bits per heavy atom. The molecule has 106 valence electrons. The molecule has 0 unspecified atom stereocenters. The van der Waals surface area contributed by atoms with Gasteiger partial charge in [-0.2, -0.15) is 0 Å². The minimum atomic E-state index is -0.00713. The molecule has 1 amide bonds. The molecule has 0 bridgehead atoms. The first-order valence-corrected chi connectivity index (χ1v) is 7.14. The number of carbonyl (C=O) groups is 1. The van der Waals surface area contributed by atoms with Gasteiger partial charge in [-0.1, -0.05) is 31.2 Å². The summed E-state index contributed by atoms with van der Waals surface area (Å²) in [6.45, 7) is 2.12. The average Bonchev–Trinajstić information content (AvgIpc) is 3.02. The van der Waals surface area contributed by atoms with Crippen LogP contribution in [0.25, 0.3) is 10.9 Å². The van der Waals surface area contributed by atoms with Crippen LogP contribution in [0.5, 0.6) is 0 Å². The first kappa shape index (κ1) is 13.4. The van der Waals surface area contributed by atoms with Crippen LogP contribution in [0.1, 0.15) is 22.8 Å². The standard InChI is InChI=1S/C18H18N2O/c1-3-13-7-9-15(10-8-13)20(2)18(21)16-6-4-5-14-11-12-19-17(14)16/h4-12,19H,3H2,1-2H3. The fourth-order valence-electron chi connectivity index (χ4n) is 2.52. The largest absolute Gasteiger partial charge is 0.361 e. The van der Waals surface area contributed by atoms with Gasteiger partial charge in [-0.3, -0.25) is 4.79 Å². The number of fused-ring (bicyclic) bond motifs is 1. The Labute approximate surface area is 124 Å². The third-order valence-corrected chi connectivity index (χ3v) is 3.85. The van der Waals surface area contributed by atoms with Crippen LogP contribution in [0, 0.1) is 0 Å². The molecule has 2 aromatic carbocycles. The van der Waals surface area contributed by atoms with Crippen molar-refractivity contribution in [1.29, 1.82) is 0 Å². The highest BCUT2D eigenvalue weighted by Gasteiger charge is 2.16. The number of hydrogen-bond acceptors (Lipinski definition) is 1. The van der Waals surface area contributed by atoms with E-state index in [2.05, 4.69) is 24.0 Å². The average molecular weight is 278 g/mol. The fourth-order valence-corrected chi connectivity index (χ4v) is 2.52. The SMILES string of the molecule is CCc1ccc(N(C)C(=O)c2cccc3cc[nH]c23)cc1. The summed E-state index contributed by atoms with van der Waals surface area (Å²) < 4.78 is 0. The van der Waals surface area contributed by atoms with Gasteiger partial charge in [0.1, 0.15) is 0 Å². The van der Waals surface area contributed by atoms with Crippen molar-refractivity contribution >= 4 is 22.5 Å². The molecule has 1 N–H and O–H groups in total. The van der Waals surface area contributed by atoms with E-state index in [0.29, 0.717) is 5.56 Å². The highest BCUT2D eigenvalue weighted by Crippen LogP contribution is 2.21. The summed E-state index contributed by atoms with van der Waals surface area (Å²) >= 11 is 0. The maximum Gasteiger partial charge on any atom is 0.260 e. The lowest BCUT2D eigenvalue weighted by atomic mass is 10.1. The summed E-state index contributed by atoms with van der Waals surface area (Å²) in [7, 11) is 1.81. The molecule has 0 aliphatic rings. The first-order valence-electron chi connectivity index (χ1n) is 7.14. The monoisotopic (exact) mass is 278 g/mol. The van der Waals surface area contributed by atoms with E-state index < -0.39 is 0 Å². The van der Waals surface area contributed by atoms with Gasteiger partial charge in [0.15, 0.2) is 0 Å². The van der Waals surface area contributed by atoms with Crippen LogP contribution < -0.4 is 4.90 Å². The Hall–Kier alpha value is -2.55. The van der Waals surface area contributed by atoms with Crippen molar-refractivity contribution < 1.29 is 4.79 Å². The summed E-state index contributed by atoms with van der Waals surface area (Å²) in [6, 6.07) is 15.9. The third kappa shape index (κ3) is 2.42. The molecule has 0 aliphatic heterocycles. The first-order chi connectivity index (χ1) is 10.2. The number of para-hydroxylation sites is 1. The zero-order chi connectivity index (χ0) is 14.8. The third-order valence-electron chi connectivity index (χ3n) is 3.85. The topological polar surface area (TPSA) is 36.1 Å². The van der Waals surface area contributed by atoms with Gasteiger partial charge < -0.3 is 9.88 Å². The molecule has 0 aliphatic carbocycles. The summed E-state index contributed by atoms with van der Waals surface area (Å²) in [5, 5.41) is 1.05. The molecule has 0 saturated heterocycles. The van der Waals surface area contributed by atoms with Crippen LogP contribution in [0.15, 0.2) is 54.7 Å². The maximum absolute atomic E-state index is 12.7. The summed E-state index contributed by atoms with van der Waals surface area (Å²) in [5.74, 6) is -0.00713. The van der Waals surface area contributed by atoms with E-state index in [0.717, 1.165) is 23.0 Å². The molecule has 1 aromatic heterocycles. The molecule has 1 heterocycles. The fraction of sp³-hybridized carbons (Fsp3) is 0.167. The number of aromatic nitrogens is 1. The molecule has 0 saturated carbocycles. The van der Waals surface area contributed by atoms with E-state index in [9.17, 15) is 4.79 Å². The van der Waals surface area contributed by atoms with Gasteiger partial charge in [-0.05, 0) is 36.2 Å². The van der Waals surface area contributed by atoms with Crippen LogP contribution in [0.2, 0.25) is 0 Å². The van der Waals surface area contributed by atoms with E-state index in [4.69, 9.17) is 0 Å². The number of aromatic amines is 1. The molecule has 0 spiro atoms. The van der Waals surface area contributed by atoms with Crippen LogP contribution >= 0.6 is 0 Å². The molecule has 3 nitrogen and oxygen atoms in total. The molecule has 3 aromatic rings. The van der Waals surface area contributed by atoms with Crippen LogP contribution in [-0.4, -0.2) is 17.9 Å². The van der Waals surface area contributed by atoms with Crippen molar-refractivity contribution in [2.24, 2.45) is 0 Å². The number of rotatable bonds is 3. The van der Waals surface area contributed by atoms with Crippen molar-refractivity contribution in [1.82, 2.24) is 4.98 Å². The Morgan fingerprint density at radius 2 is 1.86 bits per heavy atom. The quantitative estimate of drug-likeness (QED) is 0.772. The van der Waals surface area contributed by atoms with Crippen LogP contribution in [-0.2, 0) is 6.42 Å². The minimum Gasteiger partial charge on any atom is -0.361 e. The van der Waals surface area contributed by atoms with Crippen molar-refractivity contribution in [3.05, 3.63) is 65.9 Å². The van der Waals surface area contributed by atoms with Crippen molar-refractivity contribution in [2.75, 3.05) is 11.9 Å². The molecular formula is C18H18N2O. The van der Waals surface area contributed by atoms with Gasteiger partial charge in [-0.15, -0.1) is 0 Å². The van der Waals surface area contributed by atoms with E-state index in [1.807, 2.05) is 49.6 Å². The van der Waals surface area contributed by atoms with Gasteiger partial charge in [-0.25, -0.2) is 0 Å². The number of carbonyl (C=O) groups excluding carboxylic acids is 1. The van der Waals surface area contributed by atoms with E-state index in [-0.39, 0.29) is 5.91 Å². The number of nitrogens with one attached hydrogen (secondary N) is 1. The van der Waals surface area contributed by atoms with Crippen molar-refractivity contribution in [3.8, 4) is 0 Å². The van der Waals surface area contributed by atoms with Crippen LogP contribution in [0.3, 0.4) is 0 Å². The van der Waals surface area contributed by atoms with Gasteiger partial charge in [0.25, 0.3) is 5.91 Å². The van der Waals surface area contributed by atoms with E-state index in [1.165, 1.54) is 5.56 Å². The Balaban J connectivity index is 1.95. The molecule has 0 fully saturated rings. The molecule has 3 rings (SSSR count). The number of aryl methyl sites for hydroxylation is 1. The second-order valence-electron chi connectivity index (χ2n) is 5.13. The van der Waals surface area contributed by atoms with Crippen molar-refractivity contribution in [3.63, 3.8) is 0 Å². The summed E-state index contributed by atoms with van der Waals surface area (Å²) in [5.41, 5.74) is 3.76. The molecule has 0 atom stereocenters. The number of anilines is 1. The molecule has 0 radical (unpaired) electrons. The number of benzene rings is 2. The maximum atomic E-state index is 12.7. The second kappa shape index (κ2) is 5.44. The number of H-pyrrole nitrogens is 1. The lowest BCUT2D eigenvalue weighted by Gasteiger charge is -2.18. The highest BCUT2D eigenvalue weighted by molar-refractivity contribution is 6.12. The molecule has 21 heavy (non-hydrogen) atoms. The number of nitrogens with zero attached hydrogens (tertiary/aromatic N) is 1. The van der Waals surface area contributed by atoms with Gasteiger partial charge in [0.2, 0.25) is 0 Å². The van der Waals surface area contributed by atoms with Gasteiger partial charge >= 0.3 is 0 Å². The lowest BCUT2D eigenvalue weighted by Crippen LogP contribution is -2.26. The molecular weight excluding hydrogens is 260 g/mol. The zero-order valence-corrected chi connectivity index (χ0v) is 12.3. The smallest absolute Gasteiger partial charge is 0.260 e. The molecule has 3 heteroatoms.